The molecule has 4 nitrogen and oxygen atoms in total. The van der Waals surface area contributed by atoms with Crippen LogP contribution in [0.3, 0.4) is 0 Å². The topological polar surface area (TPSA) is 45.2 Å². The van der Waals surface area contributed by atoms with Crippen LogP contribution in [0.15, 0.2) is 18.3 Å². The SMILES string of the molecule is CCN(CC)C(=O)CNc1ccc(C(C)(C)C)cn1. The van der Waals surface area contributed by atoms with Gasteiger partial charge in [-0.3, -0.25) is 4.79 Å². The fourth-order valence-electron chi connectivity index (χ4n) is 1.80. The van der Waals surface area contributed by atoms with Gasteiger partial charge in [0.05, 0.1) is 6.54 Å². The van der Waals surface area contributed by atoms with Crippen molar-refractivity contribution in [1.29, 1.82) is 0 Å². The van der Waals surface area contributed by atoms with Gasteiger partial charge >= 0.3 is 0 Å². The van der Waals surface area contributed by atoms with E-state index in [1.165, 1.54) is 5.56 Å². The van der Waals surface area contributed by atoms with Gasteiger partial charge in [0.15, 0.2) is 0 Å². The predicted octanol–water partition coefficient (Wildman–Crippen LogP) is 2.66. The van der Waals surface area contributed by atoms with E-state index in [4.69, 9.17) is 0 Å². The van der Waals surface area contributed by atoms with Crippen molar-refractivity contribution < 1.29 is 4.79 Å². The van der Waals surface area contributed by atoms with E-state index in [2.05, 4.69) is 37.1 Å². The molecule has 0 bridgehead atoms. The maximum Gasteiger partial charge on any atom is 0.241 e. The van der Waals surface area contributed by atoms with Crippen molar-refractivity contribution in [3.63, 3.8) is 0 Å². The Balaban J connectivity index is 2.57. The number of hydrogen-bond donors (Lipinski definition) is 1. The Bertz CT molecular complexity index is 402. The zero-order valence-corrected chi connectivity index (χ0v) is 12.7. The first-order chi connectivity index (χ1) is 8.88. The number of amides is 1. The molecular formula is C15H25N3O. The molecule has 0 fully saturated rings. The van der Waals surface area contributed by atoms with Gasteiger partial charge in [-0.05, 0) is 30.9 Å². The van der Waals surface area contributed by atoms with Gasteiger partial charge in [0, 0.05) is 19.3 Å². The van der Waals surface area contributed by atoms with Gasteiger partial charge < -0.3 is 10.2 Å². The minimum Gasteiger partial charge on any atom is -0.361 e. The summed E-state index contributed by atoms with van der Waals surface area (Å²) in [7, 11) is 0. The number of hydrogen-bond acceptors (Lipinski definition) is 3. The number of carbonyl (C=O) groups excluding carboxylic acids is 1. The third-order valence-electron chi connectivity index (χ3n) is 3.17. The van der Waals surface area contributed by atoms with E-state index in [1.807, 2.05) is 26.1 Å². The van der Waals surface area contributed by atoms with Gasteiger partial charge in [-0.2, -0.15) is 0 Å². The highest BCUT2D eigenvalue weighted by molar-refractivity contribution is 5.80. The number of nitrogens with zero attached hydrogens (tertiary/aromatic N) is 2. The number of carbonyl (C=O) groups is 1. The van der Waals surface area contributed by atoms with Gasteiger partial charge in [0.25, 0.3) is 0 Å². The monoisotopic (exact) mass is 263 g/mol. The average molecular weight is 263 g/mol. The molecule has 4 heteroatoms. The van der Waals surface area contributed by atoms with Crippen LogP contribution in [0, 0.1) is 0 Å². The smallest absolute Gasteiger partial charge is 0.241 e. The average Bonchev–Trinajstić information content (AvgIpc) is 2.37. The highest BCUT2D eigenvalue weighted by Gasteiger charge is 2.14. The molecule has 19 heavy (non-hydrogen) atoms. The van der Waals surface area contributed by atoms with E-state index in [0.29, 0.717) is 6.54 Å². The quantitative estimate of drug-likeness (QED) is 0.888. The normalized spacial score (nSPS) is 11.2. The highest BCUT2D eigenvalue weighted by atomic mass is 16.2. The largest absolute Gasteiger partial charge is 0.361 e. The Kier molecular flexibility index (Phi) is 5.33. The minimum absolute atomic E-state index is 0.0998. The highest BCUT2D eigenvalue weighted by Crippen LogP contribution is 2.21. The van der Waals surface area contributed by atoms with Crippen molar-refractivity contribution in [2.75, 3.05) is 25.0 Å². The Hall–Kier alpha value is -1.58. The number of pyridine rings is 1. The summed E-state index contributed by atoms with van der Waals surface area (Å²) in [4.78, 5) is 18.0. The first-order valence-electron chi connectivity index (χ1n) is 6.86. The Morgan fingerprint density at radius 3 is 2.32 bits per heavy atom. The third kappa shape index (κ3) is 4.54. The van der Waals surface area contributed by atoms with Crippen molar-refractivity contribution in [2.24, 2.45) is 0 Å². The molecule has 1 amide bonds. The van der Waals surface area contributed by atoms with E-state index in [-0.39, 0.29) is 11.3 Å². The second kappa shape index (κ2) is 6.55. The van der Waals surface area contributed by atoms with Gasteiger partial charge in [-0.15, -0.1) is 0 Å². The lowest BCUT2D eigenvalue weighted by atomic mass is 9.88. The van der Waals surface area contributed by atoms with Crippen LogP contribution in [0.5, 0.6) is 0 Å². The number of likely N-dealkylation sites (N-methyl/N-ethyl adjacent to an activating group) is 1. The fraction of sp³-hybridized carbons (Fsp3) is 0.600. The summed E-state index contributed by atoms with van der Waals surface area (Å²) in [6.45, 7) is 12.2. The van der Waals surface area contributed by atoms with Gasteiger partial charge in [0.1, 0.15) is 5.82 Å². The molecule has 1 N–H and O–H groups in total. The summed E-state index contributed by atoms with van der Waals surface area (Å²) in [5, 5.41) is 3.07. The second-order valence-corrected chi connectivity index (χ2v) is 5.60. The Morgan fingerprint density at radius 1 is 1.26 bits per heavy atom. The van der Waals surface area contributed by atoms with E-state index in [9.17, 15) is 4.79 Å². The van der Waals surface area contributed by atoms with Gasteiger partial charge in [-0.1, -0.05) is 26.8 Å². The lowest BCUT2D eigenvalue weighted by Crippen LogP contribution is -2.35. The second-order valence-electron chi connectivity index (χ2n) is 5.60. The molecule has 1 heterocycles. The minimum atomic E-state index is 0.0998. The molecule has 1 rings (SSSR count). The van der Waals surface area contributed by atoms with Crippen LogP contribution in [0.4, 0.5) is 5.82 Å². The molecule has 0 atom stereocenters. The maximum absolute atomic E-state index is 11.8. The molecule has 0 aliphatic rings. The molecule has 0 aromatic carbocycles. The Labute approximate surface area is 116 Å². The number of nitrogens with one attached hydrogen (secondary N) is 1. The van der Waals surface area contributed by atoms with Crippen LogP contribution in [0.1, 0.15) is 40.2 Å². The van der Waals surface area contributed by atoms with Crippen molar-refractivity contribution in [2.45, 2.75) is 40.0 Å². The summed E-state index contributed by atoms with van der Waals surface area (Å²) < 4.78 is 0. The molecule has 0 aliphatic heterocycles. The molecule has 1 aromatic rings. The number of aromatic nitrogens is 1. The van der Waals surface area contributed by atoms with E-state index in [0.717, 1.165) is 18.9 Å². The lowest BCUT2D eigenvalue weighted by molar-refractivity contribution is -0.128. The van der Waals surface area contributed by atoms with Crippen molar-refractivity contribution in [3.8, 4) is 0 Å². The first kappa shape index (κ1) is 15.5. The molecule has 0 radical (unpaired) electrons. The van der Waals surface area contributed by atoms with Gasteiger partial charge in [0.2, 0.25) is 5.91 Å². The maximum atomic E-state index is 11.8. The molecule has 0 spiro atoms. The molecule has 1 aromatic heterocycles. The molecule has 0 saturated heterocycles. The summed E-state index contributed by atoms with van der Waals surface area (Å²) in [6, 6.07) is 3.98. The molecule has 0 unspecified atom stereocenters. The summed E-state index contributed by atoms with van der Waals surface area (Å²) in [5.74, 6) is 0.847. The Morgan fingerprint density at radius 2 is 1.89 bits per heavy atom. The molecule has 0 saturated carbocycles. The van der Waals surface area contributed by atoms with Crippen molar-refractivity contribution in [3.05, 3.63) is 23.9 Å². The van der Waals surface area contributed by atoms with Gasteiger partial charge in [-0.25, -0.2) is 4.98 Å². The summed E-state index contributed by atoms with van der Waals surface area (Å²) >= 11 is 0. The van der Waals surface area contributed by atoms with Crippen LogP contribution in [-0.2, 0) is 10.2 Å². The van der Waals surface area contributed by atoms with Crippen molar-refractivity contribution in [1.82, 2.24) is 9.88 Å². The predicted molar refractivity (Wildman–Crippen MR) is 79.4 cm³/mol. The summed E-state index contributed by atoms with van der Waals surface area (Å²) in [6.07, 6.45) is 1.87. The van der Waals surface area contributed by atoms with Crippen LogP contribution >= 0.6 is 0 Å². The van der Waals surface area contributed by atoms with Crippen LogP contribution < -0.4 is 5.32 Å². The van der Waals surface area contributed by atoms with E-state index >= 15 is 0 Å². The van der Waals surface area contributed by atoms with Crippen LogP contribution in [0.25, 0.3) is 0 Å². The van der Waals surface area contributed by atoms with Crippen LogP contribution in [0.2, 0.25) is 0 Å². The van der Waals surface area contributed by atoms with E-state index < -0.39 is 0 Å². The van der Waals surface area contributed by atoms with Crippen molar-refractivity contribution >= 4 is 11.7 Å². The van der Waals surface area contributed by atoms with E-state index in [1.54, 1.807) is 4.90 Å². The number of rotatable bonds is 5. The standard InChI is InChI=1S/C15H25N3O/c1-6-18(7-2)14(19)11-17-13-9-8-12(10-16-13)15(3,4)5/h8-10H,6-7,11H2,1-5H3,(H,16,17). The first-order valence-corrected chi connectivity index (χ1v) is 6.86. The molecule has 0 aliphatic carbocycles. The van der Waals surface area contributed by atoms with Crippen LogP contribution in [-0.4, -0.2) is 35.4 Å². The lowest BCUT2D eigenvalue weighted by Gasteiger charge is -2.20. The molecule has 106 valence electrons. The fourth-order valence-corrected chi connectivity index (χ4v) is 1.80. The third-order valence-corrected chi connectivity index (χ3v) is 3.17. The molecular weight excluding hydrogens is 238 g/mol. The number of anilines is 1. The zero-order valence-electron chi connectivity index (χ0n) is 12.7. The summed E-state index contributed by atoms with van der Waals surface area (Å²) in [5.41, 5.74) is 1.29. The zero-order chi connectivity index (χ0) is 14.5.